The normalized spacial score (nSPS) is 11.9. The van der Waals surface area contributed by atoms with Crippen molar-refractivity contribution in [3.8, 4) is 17.6 Å². The molecular weight excluding hydrogens is 430 g/mol. The molecular formula is C22H22ClN7O2. The summed E-state index contributed by atoms with van der Waals surface area (Å²) < 4.78 is 9.21. The van der Waals surface area contributed by atoms with Crippen LogP contribution >= 0.6 is 11.6 Å². The van der Waals surface area contributed by atoms with E-state index in [0.29, 0.717) is 35.1 Å². The third kappa shape index (κ3) is 3.69. The number of halogens is 1. The number of fused-ring (bicyclic) bond motifs is 2. The Morgan fingerprint density at radius 2 is 2.25 bits per heavy atom. The smallest absolute Gasteiger partial charge is 0.259 e. The van der Waals surface area contributed by atoms with Gasteiger partial charge in [0.05, 0.1) is 23.9 Å². The van der Waals surface area contributed by atoms with Gasteiger partial charge in [0, 0.05) is 23.3 Å². The Morgan fingerprint density at radius 1 is 1.44 bits per heavy atom. The lowest BCUT2D eigenvalue weighted by molar-refractivity contribution is 0.0942. The van der Waals surface area contributed by atoms with E-state index in [4.69, 9.17) is 22.1 Å². The molecule has 10 heteroatoms. The maximum Gasteiger partial charge on any atom is 0.259 e. The summed E-state index contributed by atoms with van der Waals surface area (Å²) in [7, 11) is 0. The third-order valence-electron chi connectivity index (χ3n) is 5.01. The molecule has 0 aliphatic rings. The lowest BCUT2D eigenvalue weighted by atomic mass is 10.0. The van der Waals surface area contributed by atoms with Crippen LogP contribution in [0.5, 0.6) is 5.75 Å². The summed E-state index contributed by atoms with van der Waals surface area (Å²) in [4.78, 5) is 17.3. The van der Waals surface area contributed by atoms with Crippen molar-refractivity contribution >= 4 is 39.9 Å². The fraction of sp³-hybridized carbons (Fsp3) is 0.273. The van der Waals surface area contributed by atoms with Gasteiger partial charge in [0.15, 0.2) is 17.2 Å². The highest BCUT2D eigenvalue weighted by molar-refractivity contribution is 6.35. The van der Waals surface area contributed by atoms with E-state index in [1.807, 2.05) is 13.8 Å². The van der Waals surface area contributed by atoms with Crippen molar-refractivity contribution in [2.45, 2.75) is 33.4 Å². The standard InChI is InChI=1S/C22H22ClN7O2/c1-4-6-9-29-18-15(12-26-29)16(23)11-14(19(18)32-5-2)13(3)27-22(31)17-20(24)28-30-10-7-8-25-21(17)30/h7-8,10-13H,5,9H2,1-3H3,(H2,24,28)(H,27,31). The van der Waals surface area contributed by atoms with Gasteiger partial charge in [-0.3, -0.25) is 4.79 Å². The van der Waals surface area contributed by atoms with E-state index in [2.05, 4.69) is 32.3 Å². The molecule has 4 aromatic rings. The van der Waals surface area contributed by atoms with E-state index >= 15 is 0 Å². The minimum Gasteiger partial charge on any atom is -0.491 e. The Balaban J connectivity index is 1.76. The van der Waals surface area contributed by atoms with Gasteiger partial charge < -0.3 is 15.8 Å². The number of nitrogens with two attached hydrogens (primary N) is 1. The molecule has 9 nitrogen and oxygen atoms in total. The third-order valence-corrected chi connectivity index (χ3v) is 5.33. The van der Waals surface area contributed by atoms with Crippen LogP contribution in [0.4, 0.5) is 5.82 Å². The number of aromatic nitrogens is 5. The highest BCUT2D eigenvalue weighted by atomic mass is 35.5. The molecule has 4 rings (SSSR count). The average molecular weight is 452 g/mol. The van der Waals surface area contributed by atoms with Crippen LogP contribution in [0.3, 0.4) is 0 Å². The molecule has 1 amide bonds. The van der Waals surface area contributed by atoms with E-state index < -0.39 is 11.9 Å². The number of hydrogen-bond donors (Lipinski definition) is 2. The van der Waals surface area contributed by atoms with Crippen molar-refractivity contribution in [3.05, 3.63) is 46.9 Å². The maximum absolute atomic E-state index is 13.1. The molecule has 0 fully saturated rings. The molecule has 0 saturated heterocycles. The van der Waals surface area contributed by atoms with E-state index in [-0.39, 0.29) is 11.4 Å². The van der Waals surface area contributed by atoms with Gasteiger partial charge in [-0.2, -0.15) is 5.10 Å². The first-order valence-corrected chi connectivity index (χ1v) is 10.4. The molecule has 3 heterocycles. The van der Waals surface area contributed by atoms with E-state index in [1.54, 1.807) is 42.3 Å². The summed E-state index contributed by atoms with van der Waals surface area (Å²) in [6, 6.07) is 3.04. The number of nitrogens with one attached hydrogen (secondary N) is 1. The van der Waals surface area contributed by atoms with E-state index in [9.17, 15) is 4.79 Å². The van der Waals surface area contributed by atoms with Crippen LogP contribution in [0.2, 0.25) is 5.02 Å². The van der Waals surface area contributed by atoms with Crippen molar-refractivity contribution in [3.63, 3.8) is 0 Å². The molecule has 164 valence electrons. The average Bonchev–Trinajstić information content (AvgIpc) is 3.34. The molecule has 3 aromatic heterocycles. The van der Waals surface area contributed by atoms with Crippen LogP contribution < -0.4 is 15.8 Å². The number of nitrogen functional groups attached to an aromatic ring is 1. The fourth-order valence-electron chi connectivity index (χ4n) is 3.58. The summed E-state index contributed by atoms with van der Waals surface area (Å²) in [5.74, 6) is 6.18. The maximum atomic E-state index is 13.1. The molecule has 0 spiro atoms. The molecule has 1 unspecified atom stereocenters. The largest absolute Gasteiger partial charge is 0.491 e. The van der Waals surface area contributed by atoms with Gasteiger partial charge in [-0.15, -0.1) is 11.0 Å². The zero-order valence-corrected chi connectivity index (χ0v) is 18.6. The van der Waals surface area contributed by atoms with Crippen molar-refractivity contribution in [1.29, 1.82) is 0 Å². The van der Waals surface area contributed by atoms with Gasteiger partial charge in [-0.05, 0) is 32.9 Å². The zero-order chi connectivity index (χ0) is 22.8. The van der Waals surface area contributed by atoms with Crippen molar-refractivity contribution < 1.29 is 9.53 Å². The number of rotatable bonds is 6. The van der Waals surface area contributed by atoms with E-state index in [0.717, 1.165) is 10.9 Å². The SMILES string of the molecule is CC#CCn1ncc2c(Cl)cc(C(C)NC(=O)c3c(N)nn4cccnc34)c(OCC)c21. The number of anilines is 1. The van der Waals surface area contributed by atoms with Crippen molar-refractivity contribution in [2.75, 3.05) is 12.3 Å². The van der Waals surface area contributed by atoms with Crippen LogP contribution in [0, 0.1) is 11.8 Å². The van der Waals surface area contributed by atoms with E-state index in [1.165, 1.54) is 4.52 Å². The number of hydrogen-bond acceptors (Lipinski definition) is 6. The van der Waals surface area contributed by atoms with Crippen LogP contribution in [-0.2, 0) is 6.54 Å². The predicted octanol–water partition coefficient (Wildman–Crippen LogP) is 3.23. The first kappa shape index (κ1) is 21.5. The van der Waals surface area contributed by atoms with Crippen LogP contribution in [-0.4, -0.2) is 36.9 Å². The van der Waals surface area contributed by atoms with Crippen molar-refractivity contribution in [2.24, 2.45) is 0 Å². The lowest BCUT2D eigenvalue weighted by Crippen LogP contribution is -2.28. The second-order valence-corrected chi connectivity index (χ2v) is 7.45. The number of nitrogens with zero attached hydrogens (tertiary/aromatic N) is 5. The number of carbonyl (C=O) groups is 1. The lowest BCUT2D eigenvalue weighted by Gasteiger charge is -2.20. The highest BCUT2D eigenvalue weighted by Gasteiger charge is 2.25. The summed E-state index contributed by atoms with van der Waals surface area (Å²) in [6.45, 7) is 6.34. The van der Waals surface area contributed by atoms with Crippen LogP contribution in [0.1, 0.15) is 42.7 Å². The second-order valence-electron chi connectivity index (χ2n) is 7.04. The minimum atomic E-state index is -0.454. The topological polar surface area (TPSA) is 112 Å². The first-order chi connectivity index (χ1) is 15.5. The molecule has 0 saturated carbocycles. The summed E-state index contributed by atoms with van der Waals surface area (Å²) >= 11 is 6.56. The molecule has 3 N–H and O–H groups in total. The monoisotopic (exact) mass is 451 g/mol. The number of amides is 1. The number of benzene rings is 1. The van der Waals surface area contributed by atoms with Crippen molar-refractivity contribution in [1.82, 2.24) is 29.7 Å². The second kappa shape index (κ2) is 8.77. The van der Waals surface area contributed by atoms with Gasteiger partial charge in [0.25, 0.3) is 5.91 Å². The number of ether oxygens (including phenoxy) is 1. The Morgan fingerprint density at radius 3 is 3.00 bits per heavy atom. The molecule has 0 aliphatic heterocycles. The van der Waals surface area contributed by atoms with Crippen LogP contribution in [0.25, 0.3) is 16.6 Å². The molecule has 1 aromatic carbocycles. The van der Waals surface area contributed by atoms with Gasteiger partial charge in [0.1, 0.15) is 17.6 Å². The highest BCUT2D eigenvalue weighted by Crippen LogP contribution is 2.38. The quantitative estimate of drug-likeness (QED) is 0.435. The summed E-state index contributed by atoms with van der Waals surface area (Å²) in [5.41, 5.74) is 8.03. The minimum absolute atomic E-state index is 0.100. The first-order valence-electron chi connectivity index (χ1n) is 10.1. The molecule has 0 radical (unpaired) electrons. The Hall–Kier alpha value is -3.77. The van der Waals surface area contributed by atoms with Gasteiger partial charge in [0.2, 0.25) is 0 Å². The Labute approximate surface area is 189 Å². The molecule has 0 bridgehead atoms. The Kier molecular flexibility index (Phi) is 5.88. The molecule has 1 atom stereocenters. The number of carbonyl (C=O) groups excluding carboxylic acids is 1. The molecule has 0 aliphatic carbocycles. The molecule has 32 heavy (non-hydrogen) atoms. The summed E-state index contributed by atoms with van der Waals surface area (Å²) in [6.07, 6.45) is 4.95. The van der Waals surface area contributed by atoms with Gasteiger partial charge >= 0.3 is 0 Å². The van der Waals surface area contributed by atoms with Crippen LogP contribution in [0.15, 0.2) is 30.7 Å². The predicted molar refractivity (Wildman–Crippen MR) is 123 cm³/mol. The van der Waals surface area contributed by atoms with Gasteiger partial charge in [-0.1, -0.05) is 17.5 Å². The fourth-order valence-corrected chi connectivity index (χ4v) is 3.83. The zero-order valence-electron chi connectivity index (χ0n) is 17.9. The Bertz CT molecular complexity index is 1380. The van der Waals surface area contributed by atoms with Gasteiger partial charge in [-0.25, -0.2) is 14.2 Å². The summed E-state index contributed by atoms with van der Waals surface area (Å²) in [5, 5.41) is 12.8.